The summed E-state index contributed by atoms with van der Waals surface area (Å²) >= 11 is 1.56. The number of piperidine rings is 1. The summed E-state index contributed by atoms with van der Waals surface area (Å²) in [5.41, 5.74) is 2.47. The van der Waals surface area contributed by atoms with Crippen molar-refractivity contribution < 1.29 is 5.11 Å². The van der Waals surface area contributed by atoms with Gasteiger partial charge in [0.2, 0.25) is 10.8 Å². The summed E-state index contributed by atoms with van der Waals surface area (Å²) < 4.78 is 1.60. The lowest BCUT2D eigenvalue weighted by Gasteiger charge is -2.37. The number of aryl methyl sites for hydroxylation is 2. The molecule has 1 aliphatic rings. The number of fused-ring (bicyclic) bond motifs is 1. The number of thiazole rings is 1. The Morgan fingerprint density at radius 3 is 2.73 bits per heavy atom. The van der Waals surface area contributed by atoms with Crippen LogP contribution in [0.3, 0.4) is 0 Å². The van der Waals surface area contributed by atoms with Crippen LogP contribution in [0.4, 0.5) is 0 Å². The van der Waals surface area contributed by atoms with Crippen molar-refractivity contribution >= 4 is 16.3 Å². The normalized spacial score (nSPS) is 19.9. The maximum absolute atomic E-state index is 10.9. The van der Waals surface area contributed by atoms with E-state index in [-0.39, 0.29) is 11.9 Å². The van der Waals surface area contributed by atoms with Gasteiger partial charge in [-0.2, -0.15) is 4.52 Å². The highest BCUT2D eigenvalue weighted by Gasteiger charge is 2.31. The number of aromatic hydroxyl groups is 1. The van der Waals surface area contributed by atoms with Crippen LogP contribution in [0.2, 0.25) is 0 Å². The van der Waals surface area contributed by atoms with Crippen molar-refractivity contribution in [3.8, 4) is 5.88 Å². The van der Waals surface area contributed by atoms with E-state index in [9.17, 15) is 5.11 Å². The molecule has 1 aliphatic heterocycles. The molecule has 4 rings (SSSR count). The standard InChI is InChI=1S/C20H26N4OS/c1-4-16-21-20-24(22-16)19(25)18(26-20)17(15-9-7-13(2)8-10-15)23-11-5-6-14(3)12-23/h7-10,14,17,25H,4-6,11-12H2,1-3H3/t14-,17-/m1/s1. The lowest BCUT2D eigenvalue weighted by Crippen LogP contribution is -2.37. The number of nitrogens with zero attached hydrogens (tertiary/aromatic N) is 4. The van der Waals surface area contributed by atoms with Crippen LogP contribution in [0.25, 0.3) is 4.96 Å². The van der Waals surface area contributed by atoms with E-state index in [1.165, 1.54) is 24.0 Å². The minimum Gasteiger partial charge on any atom is -0.492 e. The van der Waals surface area contributed by atoms with Gasteiger partial charge in [0.05, 0.1) is 10.9 Å². The highest BCUT2D eigenvalue weighted by atomic mass is 32.1. The molecule has 5 nitrogen and oxygen atoms in total. The molecule has 0 saturated carbocycles. The molecule has 0 spiro atoms. The smallest absolute Gasteiger partial charge is 0.230 e. The fraction of sp³-hybridized carbons (Fsp3) is 0.500. The van der Waals surface area contributed by atoms with Gasteiger partial charge < -0.3 is 5.11 Å². The molecule has 3 aromatic rings. The Labute approximate surface area is 158 Å². The minimum absolute atomic E-state index is 0.0527. The number of aromatic nitrogens is 3. The summed E-state index contributed by atoms with van der Waals surface area (Å²) in [4.78, 5) is 8.78. The second-order valence-corrected chi connectivity index (χ2v) is 8.43. The monoisotopic (exact) mass is 370 g/mol. The van der Waals surface area contributed by atoms with Crippen LogP contribution in [0, 0.1) is 12.8 Å². The van der Waals surface area contributed by atoms with Gasteiger partial charge >= 0.3 is 0 Å². The number of benzene rings is 1. The molecule has 1 saturated heterocycles. The maximum atomic E-state index is 10.9. The minimum atomic E-state index is 0.0527. The van der Waals surface area contributed by atoms with Gasteiger partial charge in [0, 0.05) is 13.0 Å². The van der Waals surface area contributed by atoms with Crippen molar-refractivity contribution in [1.82, 2.24) is 19.5 Å². The van der Waals surface area contributed by atoms with Crippen LogP contribution >= 0.6 is 11.3 Å². The predicted molar refractivity (Wildman–Crippen MR) is 105 cm³/mol. The molecule has 3 heterocycles. The predicted octanol–water partition coefficient (Wildman–Crippen LogP) is 4.19. The van der Waals surface area contributed by atoms with Gasteiger partial charge in [-0.25, -0.2) is 4.98 Å². The molecular weight excluding hydrogens is 344 g/mol. The first kappa shape index (κ1) is 17.5. The van der Waals surface area contributed by atoms with Crippen LogP contribution in [-0.2, 0) is 6.42 Å². The number of hydrogen-bond acceptors (Lipinski definition) is 5. The molecule has 26 heavy (non-hydrogen) atoms. The van der Waals surface area contributed by atoms with E-state index in [0.717, 1.165) is 35.2 Å². The van der Waals surface area contributed by atoms with Crippen LogP contribution < -0.4 is 0 Å². The summed E-state index contributed by atoms with van der Waals surface area (Å²) in [6, 6.07) is 8.73. The zero-order valence-corrected chi connectivity index (χ0v) is 16.5. The topological polar surface area (TPSA) is 53.7 Å². The largest absolute Gasteiger partial charge is 0.492 e. The second-order valence-electron chi connectivity index (χ2n) is 7.42. The van der Waals surface area contributed by atoms with Crippen molar-refractivity contribution in [1.29, 1.82) is 0 Å². The first-order valence-electron chi connectivity index (χ1n) is 9.44. The number of rotatable bonds is 4. The van der Waals surface area contributed by atoms with Gasteiger partial charge in [-0.05, 0) is 37.8 Å². The van der Waals surface area contributed by atoms with Crippen molar-refractivity contribution in [2.24, 2.45) is 5.92 Å². The van der Waals surface area contributed by atoms with Gasteiger partial charge in [-0.3, -0.25) is 4.90 Å². The molecule has 0 bridgehead atoms. The molecule has 6 heteroatoms. The number of hydrogen-bond donors (Lipinski definition) is 1. The molecule has 0 unspecified atom stereocenters. The Kier molecular flexibility index (Phi) is 4.71. The van der Waals surface area contributed by atoms with Crippen molar-refractivity contribution in [2.45, 2.75) is 46.1 Å². The van der Waals surface area contributed by atoms with E-state index in [1.807, 2.05) is 6.92 Å². The third-order valence-electron chi connectivity index (χ3n) is 5.25. The van der Waals surface area contributed by atoms with Crippen LogP contribution in [-0.4, -0.2) is 37.7 Å². The Bertz CT molecular complexity index is 899. The lowest BCUT2D eigenvalue weighted by molar-refractivity contribution is 0.149. The molecule has 0 radical (unpaired) electrons. The summed E-state index contributed by atoms with van der Waals surface area (Å²) in [5, 5.41) is 15.4. The molecular formula is C20H26N4OS. The summed E-state index contributed by atoms with van der Waals surface area (Å²) in [5.74, 6) is 1.69. The molecule has 0 aliphatic carbocycles. The van der Waals surface area contributed by atoms with Gasteiger partial charge in [0.1, 0.15) is 0 Å². The zero-order chi connectivity index (χ0) is 18.3. The highest BCUT2D eigenvalue weighted by molar-refractivity contribution is 7.17. The molecule has 1 aromatic carbocycles. The Balaban J connectivity index is 1.80. The Morgan fingerprint density at radius 1 is 1.31 bits per heavy atom. The third-order valence-corrected chi connectivity index (χ3v) is 6.33. The molecule has 1 N–H and O–H groups in total. The van der Waals surface area contributed by atoms with Gasteiger partial charge in [-0.15, -0.1) is 5.10 Å². The van der Waals surface area contributed by atoms with Crippen molar-refractivity contribution in [2.75, 3.05) is 13.1 Å². The maximum Gasteiger partial charge on any atom is 0.230 e. The van der Waals surface area contributed by atoms with E-state index in [2.05, 4.69) is 53.1 Å². The van der Waals surface area contributed by atoms with Crippen LogP contribution in [0.1, 0.15) is 54.6 Å². The first-order chi connectivity index (χ1) is 12.6. The fourth-order valence-corrected chi connectivity index (χ4v) is 4.99. The first-order valence-corrected chi connectivity index (χ1v) is 10.3. The molecule has 2 atom stereocenters. The average Bonchev–Trinajstić information content (AvgIpc) is 3.17. The van der Waals surface area contributed by atoms with E-state index < -0.39 is 0 Å². The quantitative estimate of drug-likeness (QED) is 0.748. The Hall–Kier alpha value is -1.92. The summed E-state index contributed by atoms with van der Waals surface area (Å²) in [6.45, 7) is 8.55. The Morgan fingerprint density at radius 2 is 2.08 bits per heavy atom. The van der Waals surface area contributed by atoms with E-state index in [0.29, 0.717) is 5.92 Å². The van der Waals surface area contributed by atoms with Crippen molar-refractivity contribution in [3.63, 3.8) is 0 Å². The summed E-state index contributed by atoms with van der Waals surface area (Å²) in [7, 11) is 0. The highest BCUT2D eigenvalue weighted by Crippen LogP contribution is 2.41. The SMILES string of the molecule is CCc1nc2sc([C@@H](c3ccc(C)cc3)N3CCC[C@@H](C)C3)c(O)n2n1. The molecule has 138 valence electrons. The lowest BCUT2D eigenvalue weighted by atomic mass is 9.95. The van der Waals surface area contributed by atoms with Gasteiger partial charge in [0.15, 0.2) is 5.82 Å². The fourth-order valence-electron chi connectivity index (χ4n) is 3.86. The van der Waals surface area contributed by atoms with E-state index >= 15 is 0 Å². The molecule has 0 amide bonds. The third kappa shape index (κ3) is 3.12. The van der Waals surface area contributed by atoms with E-state index in [1.54, 1.807) is 15.9 Å². The van der Waals surface area contributed by atoms with Gasteiger partial charge in [0.25, 0.3) is 0 Å². The van der Waals surface area contributed by atoms with Crippen LogP contribution in [0.15, 0.2) is 24.3 Å². The number of likely N-dealkylation sites (tertiary alicyclic amines) is 1. The van der Waals surface area contributed by atoms with Crippen molar-refractivity contribution in [3.05, 3.63) is 46.1 Å². The van der Waals surface area contributed by atoms with Gasteiger partial charge in [-0.1, -0.05) is 55.0 Å². The molecule has 1 fully saturated rings. The summed E-state index contributed by atoms with van der Waals surface area (Å²) in [6.07, 6.45) is 3.25. The second kappa shape index (κ2) is 7.00. The van der Waals surface area contributed by atoms with Crippen LogP contribution in [0.5, 0.6) is 5.88 Å². The zero-order valence-electron chi connectivity index (χ0n) is 15.6. The molecule has 2 aromatic heterocycles. The van der Waals surface area contributed by atoms with E-state index in [4.69, 9.17) is 0 Å². The average molecular weight is 371 g/mol.